The highest BCUT2D eigenvalue weighted by atomic mass is 16.2. The molecule has 1 aromatic heterocycles. The Morgan fingerprint density at radius 1 is 1.35 bits per heavy atom. The molecule has 146 valence electrons. The van der Waals surface area contributed by atoms with Crippen molar-refractivity contribution in [2.45, 2.75) is 65.5 Å². The van der Waals surface area contributed by atoms with Crippen LogP contribution < -0.4 is 26.8 Å². The van der Waals surface area contributed by atoms with Crippen LogP contribution in [0.2, 0.25) is 0 Å². The molecule has 4 N–H and O–H groups in total. The van der Waals surface area contributed by atoms with Gasteiger partial charge in [-0.2, -0.15) is 0 Å². The van der Waals surface area contributed by atoms with Gasteiger partial charge in [-0.15, -0.1) is 0 Å². The predicted octanol–water partition coefficient (Wildman–Crippen LogP) is -0.271. The number of carbonyl (C=O) groups excluding carboxylic acids is 1. The number of carbonyl (C=O) groups is 1. The lowest BCUT2D eigenvalue weighted by molar-refractivity contribution is -0.920. The number of anilines is 2. The molecule has 1 aliphatic rings. The number of aromatic nitrogens is 2. The summed E-state index contributed by atoms with van der Waals surface area (Å²) in [5, 5.41) is 0. The summed E-state index contributed by atoms with van der Waals surface area (Å²) in [5.41, 5.74) is 5.11. The smallest absolute Gasteiger partial charge is 0.330 e. The fourth-order valence-corrected chi connectivity index (χ4v) is 3.64. The molecule has 8 nitrogen and oxygen atoms in total. The molecule has 1 fully saturated rings. The van der Waals surface area contributed by atoms with Gasteiger partial charge < -0.3 is 10.6 Å². The molecule has 0 aromatic carbocycles. The number of likely N-dealkylation sites (tertiary alicyclic amines) is 1. The van der Waals surface area contributed by atoms with Crippen molar-refractivity contribution in [2.24, 2.45) is 0 Å². The SMILES string of the molecule is CCCCn1c(N)c(N(CC)C(=O)C[NH+]2CCCC[C@@H]2C)c(=O)[nH]c1=O. The lowest BCUT2D eigenvalue weighted by atomic mass is 10.0. The molecule has 1 saturated heterocycles. The van der Waals surface area contributed by atoms with Gasteiger partial charge in [0.25, 0.3) is 11.5 Å². The molecule has 1 unspecified atom stereocenters. The van der Waals surface area contributed by atoms with Gasteiger partial charge in [-0.3, -0.25) is 24.0 Å². The Morgan fingerprint density at radius 3 is 2.69 bits per heavy atom. The van der Waals surface area contributed by atoms with E-state index in [2.05, 4.69) is 11.9 Å². The van der Waals surface area contributed by atoms with Crippen LogP contribution in [-0.4, -0.2) is 41.1 Å². The molecule has 2 heterocycles. The summed E-state index contributed by atoms with van der Waals surface area (Å²) < 4.78 is 1.35. The third-order valence-corrected chi connectivity index (χ3v) is 5.30. The summed E-state index contributed by atoms with van der Waals surface area (Å²) in [4.78, 5) is 42.4. The van der Waals surface area contributed by atoms with E-state index in [1.807, 2.05) is 13.8 Å². The molecule has 1 amide bonds. The van der Waals surface area contributed by atoms with Crippen molar-refractivity contribution in [2.75, 3.05) is 30.3 Å². The summed E-state index contributed by atoms with van der Waals surface area (Å²) in [6, 6.07) is 0.431. The Hall–Kier alpha value is -2.09. The highest BCUT2D eigenvalue weighted by molar-refractivity contribution is 5.96. The largest absolute Gasteiger partial charge is 0.383 e. The summed E-state index contributed by atoms with van der Waals surface area (Å²) in [6.07, 6.45) is 5.09. The van der Waals surface area contributed by atoms with Gasteiger partial charge in [-0.25, -0.2) is 4.79 Å². The minimum atomic E-state index is -0.600. The van der Waals surface area contributed by atoms with Crippen molar-refractivity contribution in [1.82, 2.24) is 9.55 Å². The van der Waals surface area contributed by atoms with Gasteiger partial charge in [-0.05, 0) is 39.5 Å². The van der Waals surface area contributed by atoms with Crippen LogP contribution in [0.5, 0.6) is 0 Å². The second kappa shape index (κ2) is 9.02. The van der Waals surface area contributed by atoms with E-state index in [-0.39, 0.29) is 17.4 Å². The monoisotopic (exact) mass is 366 g/mol. The van der Waals surface area contributed by atoms with E-state index >= 15 is 0 Å². The topological polar surface area (TPSA) is 106 Å². The van der Waals surface area contributed by atoms with Crippen LogP contribution in [0.1, 0.15) is 52.9 Å². The number of quaternary nitrogens is 1. The van der Waals surface area contributed by atoms with Crippen molar-refractivity contribution in [3.8, 4) is 0 Å². The number of aromatic amines is 1. The van der Waals surface area contributed by atoms with Crippen LogP contribution in [0.15, 0.2) is 9.59 Å². The van der Waals surface area contributed by atoms with E-state index in [1.165, 1.54) is 20.8 Å². The first-order chi connectivity index (χ1) is 12.4. The van der Waals surface area contributed by atoms with Gasteiger partial charge in [-0.1, -0.05) is 13.3 Å². The summed E-state index contributed by atoms with van der Waals surface area (Å²) in [6.45, 7) is 8.04. The van der Waals surface area contributed by atoms with Gasteiger partial charge in [0.15, 0.2) is 12.2 Å². The minimum Gasteiger partial charge on any atom is -0.383 e. The number of likely N-dealkylation sites (N-methyl/N-ethyl adjacent to an activating group) is 1. The van der Waals surface area contributed by atoms with E-state index in [9.17, 15) is 14.4 Å². The molecule has 0 spiro atoms. The number of nitrogen functional groups attached to an aromatic ring is 1. The lowest BCUT2D eigenvalue weighted by Crippen LogP contribution is -3.17. The molecule has 26 heavy (non-hydrogen) atoms. The zero-order valence-corrected chi connectivity index (χ0v) is 16.1. The van der Waals surface area contributed by atoms with Crippen molar-refractivity contribution < 1.29 is 9.69 Å². The fraction of sp³-hybridized carbons (Fsp3) is 0.722. The van der Waals surface area contributed by atoms with Crippen molar-refractivity contribution in [1.29, 1.82) is 0 Å². The fourth-order valence-electron chi connectivity index (χ4n) is 3.64. The Bertz CT molecular complexity index is 739. The predicted molar refractivity (Wildman–Crippen MR) is 103 cm³/mol. The normalized spacial score (nSPS) is 20.1. The summed E-state index contributed by atoms with van der Waals surface area (Å²) in [5.74, 6) is -0.0572. The van der Waals surface area contributed by atoms with Crippen LogP contribution in [0, 0.1) is 0 Å². The second-order valence-corrected chi connectivity index (χ2v) is 7.12. The van der Waals surface area contributed by atoms with E-state index in [4.69, 9.17) is 5.73 Å². The van der Waals surface area contributed by atoms with E-state index in [1.54, 1.807) is 0 Å². The third-order valence-electron chi connectivity index (χ3n) is 5.30. The first kappa shape index (κ1) is 20.2. The number of H-pyrrole nitrogens is 1. The number of rotatable bonds is 7. The van der Waals surface area contributed by atoms with Crippen LogP contribution in [0.3, 0.4) is 0 Å². The number of amides is 1. The molecule has 0 radical (unpaired) electrons. The molecular weight excluding hydrogens is 334 g/mol. The first-order valence-corrected chi connectivity index (χ1v) is 9.68. The molecule has 1 aromatic rings. The highest BCUT2D eigenvalue weighted by Crippen LogP contribution is 2.17. The average molecular weight is 366 g/mol. The number of piperidine rings is 1. The Morgan fingerprint density at radius 2 is 2.08 bits per heavy atom. The molecule has 2 rings (SSSR count). The minimum absolute atomic E-state index is 0.0732. The first-order valence-electron chi connectivity index (χ1n) is 9.68. The van der Waals surface area contributed by atoms with Crippen molar-refractivity contribution in [3.63, 3.8) is 0 Å². The van der Waals surface area contributed by atoms with Crippen molar-refractivity contribution in [3.05, 3.63) is 20.8 Å². The van der Waals surface area contributed by atoms with Crippen LogP contribution in [0.4, 0.5) is 11.5 Å². The molecular formula is C18H32N5O3+. The van der Waals surface area contributed by atoms with Gasteiger partial charge in [0.1, 0.15) is 5.82 Å². The number of unbranched alkanes of at least 4 members (excludes halogenated alkanes) is 1. The van der Waals surface area contributed by atoms with Crippen LogP contribution in [-0.2, 0) is 11.3 Å². The molecule has 2 atom stereocenters. The Balaban J connectivity index is 2.32. The molecule has 0 bridgehead atoms. The van der Waals surface area contributed by atoms with Crippen molar-refractivity contribution >= 4 is 17.4 Å². The number of nitrogens with one attached hydrogen (secondary N) is 2. The second-order valence-electron chi connectivity index (χ2n) is 7.12. The lowest BCUT2D eigenvalue weighted by Gasteiger charge is -2.31. The standard InChI is InChI=1S/C18H31N5O3/c1-4-6-11-23-16(19)15(17(25)20-18(23)26)22(5-2)14(24)12-21-10-8-7-9-13(21)3/h13H,4-12,19H2,1-3H3,(H,20,25,26)/p+1/t13-/m0/s1. The zero-order chi connectivity index (χ0) is 19.3. The van der Waals surface area contributed by atoms with E-state index < -0.39 is 11.2 Å². The maximum atomic E-state index is 12.9. The Labute approximate surface area is 154 Å². The van der Waals surface area contributed by atoms with Gasteiger partial charge >= 0.3 is 5.69 Å². The molecule has 8 heteroatoms. The van der Waals surface area contributed by atoms with E-state index in [0.717, 1.165) is 32.2 Å². The quantitative estimate of drug-likeness (QED) is 0.618. The number of nitrogens with two attached hydrogens (primary N) is 1. The van der Waals surface area contributed by atoms with Gasteiger partial charge in [0, 0.05) is 13.1 Å². The third kappa shape index (κ3) is 4.35. The summed E-state index contributed by atoms with van der Waals surface area (Å²) >= 11 is 0. The maximum absolute atomic E-state index is 12.9. The van der Waals surface area contributed by atoms with Gasteiger partial charge in [0.2, 0.25) is 0 Å². The van der Waals surface area contributed by atoms with Crippen LogP contribution in [0.25, 0.3) is 0 Å². The summed E-state index contributed by atoms with van der Waals surface area (Å²) in [7, 11) is 0. The molecule has 0 saturated carbocycles. The number of nitrogens with zero attached hydrogens (tertiary/aromatic N) is 2. The number of hydrogen-bond donors (Lipinski definition) is 3. The maximum Gasteiger partial charge on any atom is 0.330 e. The number of hydrogen-bond acceptors (Lipinski definition) is 4. The highest BCUT2D eigenvalue weighted by Gasteiger charge is 2.29. The van der Waals surface area contributed by atoms with Crippen LogP contribution >= 0.6 is 0 Å². The molecule has 1 aliphatic heterocycles. The van der Waals surface area contributed by atoms with Gasteiger partial charge in [0.05, 0.1) is 12.6 Å². The van der Waals surface area contributed by atoms with E-state index in [0.29, 0.717) is 25.7 Å². The molecule has 0 aliphatic carbocycles. The Kier molecular flexibility index (Phi) is 7.02. The average Bonchev–Trinajstić information content (AvgIpc) is 2.60. The zero-order valence-electron chi connectivity index (χ0n) is 16.1.